The van der Waals surface area contributed by atoms with Crippen molar-refractivity contribution in [2.75, 3.05) is 0 Å². The van der Waals surface area contributed by atoms with Gasteiger partial charge in [0.05, 0.1) is 0 Å². The highest BCUT2D eigenvalue weighted by atomic mass is 16.6. The number of nitrogens with zero attached hydrogens (tertiary/aromatic N) is 1. The van der Waals surface area contributed by atoms with E-state index in [0.29, 0.717) is 6.42 Å². The van der Waals surface area contributed by atoms with Crippen molar-refractivity contribution in [2.24, 2.45) is 0 Å². The van der Waals surface area contributed by atoms with Gasteiger partial charge in [-0.25, -0.2) is 0 Å². The summed E-state index contributed by atoms with van der Waals surface area (Å²) >= 11 is 0. The maximum atomic E-state index is 10.0. The molecular formula is C5H11NO3. The van der Waals surface area contributed by atoms with Gasteiger partial charge in [0, 0.05) is 11.3 Å². The topological polar surface area (TPSA) is 63.4 Å². The second-order valence-corrected chi connectivity index (χ2v) is 2.00. The number of aliphatic hydroxyl groups is 1. The van der Waals surface area contributed by atoms with E-state index < -0.39 is 17.1 Å². The molecule has 0 aromatic heterocycles. The average molecular weight is 133 g/mol. The predicted molar refractivity (Wildman–Crippen MR) is 32.8 cm³/mol. The molecule has 0 saturated carbocycles. The van der Waals surface area contributed by atoms with E-state index in [0.717, 1.165) is 0 Å². The van der Waals surface area contributed by atoms with E-state index >= 15 is 0 Å². The molecule has 0 aliphatic carbocycles. The van der Waals surface area contributed by atoms with Crippen LogP contribution in [0.3, 0.4) is 0 Å². The van der Waals surface area contributed by atoms with Crippen LogP contribution < -0.4 is 0 Å². The molecule has 0 aliphatic heterocycles. The zero-order chi connectivity index (χ0) is 7.44. The minimum absolute atomic E-state index is 0.380. The molecule has 9 heavy (non-hydrogen) atoms. The Morgan fingerprint density at radius 3 is 2.22 bits per heavy atom. The molecule has 0 fully saturated rings. The number of nitro groups is 1. The lowest BCUT2D eigenvalue weighted by Crippen LogP contribution is -2.30. The summed E-state index contributed by atoms with van der Waals surface area (Å²) in [6, 6.07) is -0.801. The molecule has 4 heteroatoms. The summed E-state index contributed by atoms with van der Waals surface area (Å²) in [5, 5.41) is 18.8. The molecular weight excluding hydrogens is 122 g/mol. The van der Waals surface area contributed by atoms with Crippen LogP contribution in [0.4, 0.5) is 0 Å². The third kappa shape index (κ3) is 2.41. The monoisotopic (exact) mass is 133 g/mol. The Kier molecular flexibility index (Phi) is 3.16. The van der Waals surface area contributed by atoms with E-state index in [-0.39, 0.29) is 0 Å². The normalized spacial score (nSPS) is 16.8. The third-order valence-electron chi connectivity index (χ3n) is 1.25. The molecule has 0 heterocycles. The molecule has 0 bridgehead atoms. The molecule has 1 N–H and O–H groups in total. The lowest BCUT2D eigenvalue weighted by atomic mass is 10.1. The predicted octanol–water partition coefficient (Wildman–Crippen LogP) is 0.422. The minimum atomic E-state index is -0.843. The molecule has 0 aliphatic rings. The number of rotatable bonds is 3. The van der Waals surface area contributed by atoms with Crippen molar-refractivity contribution in [2.45, 2.75) is 32.4 Å². The average Bonchev–Trinajstić information content (AvgIpc) is 1.64. The Labute approximate surface area is 53.6 Å². The van der Waals surface area contributed by atoms with Gasteiger partial charge in [-0.15, -0.1) is 0 Å². The quantitative estimate of drug-likeness (QED) is 0.448. The fraction of sp³-hybridized carbons (Fsp3) is 1.00. The maximum absolute atomic E-state index is 10.0. The molecule has 0 spiro atoms. The summed E-state index contributed by atoms with van der Waals surface area (Å²) < 4.78 is 0. The summed E-state index contributed by atoms with van der Waals surface area (Å²) in [5.74, 6) is 0. The van der Waals surface area contributed by atoms with Gasteiger partial charge in [0.2, 0.25) is 6.04 Å². The first-order valence-corrected chi connectivity index (χ1v) is 2.91. The minimum Gasteiger partial charge on any atom is -0.386 e. The van der Waals surface area contributed by atoms with Gasteiger partial charge in [0.25, 0.3) is 0 Å². The third-order valence-corrected chi connectivity index (χ3v) is 1.25. The van der Waals surface area contributed by atoms with Gasteiger partial charge in [0.1, 0.15) is 6.10 Å². The van der Waals surface area contributed by atoms with E-state index in [1.807, 2.05) is 0 Å². The Hall–Kier alpha value is -0.640. The van der Waals surface area contributed by atoms with Gasteiger partial charge in [0.15, 0.2) is 0 Å². The van der Waals surface area contributed by atoms with E-state index in [2.05, 4.69) is 0 Å². The van der Waals surface area contributed by atoms with Crippen LogP contribution in [0.25, 0.3) is 0 Å². The molecule has 0 saturated heterocycles. The number of hydrogen-bond acceptors (Lipinski definition) is 3. The van der Waals surface area contributed by atoms with E-state index in [1.165, 1.54) is 6.92 Å². The molecule has 2 atom stereocenters. The molecule has 0 radical (unpaired) electrons. The second kappa shape index (κ2) is 3.40. The molecule has 0 amide bonds. The van der Waals surface area contributed by atoms with Crippen molar-refractivity contribution >= 4 is 0 Å². The van der Waals surface area contributed by atoms with Crippen LogP contribution in [0, 0.1) is 10.1 Å². The smallest absolute Gasteiger partial charge is 0.238 e. The highest BCUT2D eigenvalue weighted by Crippen LogP contribution is 2.00. The van der Waals surface area contributed by atoms with Gasteiger partial charge in [-0.05, 0) is 6.92 Å². The van der Waals surface area contributed by atoms with Crippen LogP contribution in [-0.4, -0.2) is 22.2 Å². The zero-order valence-corrected chi connectivity index (χ0v) is 5.57. The van der Waals surface area contributed by atoms with Crippen molar-refractivity contribution in [1.29, 1.82) is 0 Å². The van der Waals surface area contributed by atoms with Crippen LogP contribution in [0.1, 0.15) is 20.3 Å². The van der Waals surface area contributed by atoms with Crippen molar-refractivity contribution in [1.82, 2.24) is 0 Å². The molecule has 54 valence electrons. The molecule has 4 nitrogen and oxygen atoms in total. The molecule has 0 aromatic rings. The summed E-state index contributed by atoms with van der Waals surface area (Å²) in [6.45, 7) is 3.11. The van der Waals surface area contributed by atoms with Gasteiger partial charge in [-0.2, -0.15) is 0 Å². The first-order chi connectivity index (χ1) is 4.09. The van der Waals surface area contributed by atoms with Crippen molar-refractivity contribution in [3.63, 3.8) is 0 Å². The largest absolute Gasteiger partial charge is 0.386 e. The Morgan fingerprint density at radius 2 is 2.22 bits per heavy atom. The zero-order valence-electron chi connectivity index (χ0n) is 5.57. The second-order valence-electron chi connectivity index (χ2n) is 2.00. The summed E-state index contributed by atoms with van der Waals surface area (Å²) in [7, 11) is 0. The van der Waals surface area contributed by atoms with Crippen LogP contribution in [-0.2, 0) is 0 Å². The highest BCUT2D eigenvalue weighted by Gasteiger charge is 2.22. The standard InChI is InChI=1S/C5H11NO3/c1-3-5(4(2)7)6(8)9/h4-5,7H,3H2,1-2H3/t4-,5+/m0/s1. The van der Waals surface area contributed by atoms with Gasteiger partial charge in [-0.1, -0.05) is 6.92 Å². The Morgan fingerprint density at radius 1 is 1.78 bits per heavy atom. The molecule has 0 rings (SSSR count). The van der Waals surface area contributed by atoms with Crippen LogP contribution in [0.15, 0.2) is 0 Å². The van der Waals surface area contributed by atoms with Crippen LogP contribution >= 0.6 is 0 Å². The summed E-state index contributed by atoms with van der Waals surface area (Å²) in [5.41, 5.74) is 0. The molecule has 0 aromatic carbocycles. The van der Waals surface area contributed by atoms with Crippen LogP contribution in [0.5, 0.6) is 0 Å². The van der Waals surface area contributed by atoms with Crippen molar-refractivity contribution < 1.29 is 10.0 Å². The summed E-state index contributed by atoms with van der Waals surface area (Å²) in [4.78, 5) is 9.56. The SMILES string of the molecule is CC[C@H]([C@H](C)O)[N+](=O)[O-]. The number of hydrogen-bond donors (Lipinski definition) is 1. The van der Waals surface area contributed by atoms with E-state index in [4.69, 9.17) is 5.11 Å². The van der Waals surface area contributed by atoms with Crippen molar-refractivity contribution in [3.05, 3.63) is 10.1 Å². The number of aliphatic hydroxyl groups excluding tert-OH is 1. The Bertz CT molecular complexity index is 102. The fourth-order valence-corrected chi connectivity index (χ4v) is 0.666. The maximum Gasteiger partial charge on any atom is 0.238 e. The van der Waals surface area contributed by atoms with Crippen molar-refractivity contribution in [3.8, 4) is 0 Å². The first kappa shape index (κ1) is 8.36. The highest BCUT2D eigenvalue weighted by molar-refractivity contribution is 4.59. The van der Waals surface area contributed by atoms with E-state index in [9.17, 15) is 10.1 Å². The lowest BCUT2D eigenvalue weighted by molar-refractivity contribution is -0.533. The Balaban J connectivity index is 3.83. The fourth-order valence-electron chi connectivity index (χ4n) is 0.666. The van der Waals surface area contributed by atoms with Gasteiger partial charge >= 0.3 is 0 Å². The van der Waals surface area contributed by atoms with Gasteiger partial charge in [-0.3, -0.25) is 10.1 Å². The first-order valence-electron chi connectivity index (χ1n) is 2.91. The summed E-state index contributed by atoms with van der Waals surface area (Å²) in [6.07, 6.45) is -0.463. The lowest BCUT2D eigenvalue weighted by Gasteiger charge is -2.07. The van der Waals surface area contributed by atoms with E-state index in [1.54, 1.807) is 6.92 Å². The molecule has 0 unspecified atom stereocenters. The van der Waals surface area contributed by atoms with Gasteiger partial charge < -0.3 is 5.11 Å². The van der Waals surface area contributed by atoms with Crippen LogP contribution in [0.2, 0.25) is 0 Å².